The molecular weight excluding hydrogens is 451 g/mol. The van der Waals surface area contributed by atoms with Crippen molar-refractivity contribution in [2.24, 2.45) is 0 Å². The maximum Gasteiger partial charge on any atom is 0.270 e. The van der Waals surface area contributed by atoms with E-state index in [0.29, 0.717) is 38.3 Å². The van der Waals surface area contributed by atoms with Crippen LogP contribution in [0.25, 0.3) is 22.7 Å². The second-order valence-electron chi connectivity index (χ2n) is 6.78. The lowest BCUT2D eigenvalue weighted by atomic mass is 10.1. The topological polar surface area (TPSA) is 105 Å². The molecule has 0 saturated carbocycles. The number of hydrogen-bond donors (Lipinski definition) is 1. The van der Waals surface area contributed by atoms with E-state index in [9.17, 15) is 15.4 Å². The Kier molecular flexibility index (Phi) is 6.08. The van der Waals surface area contributed by atoms with Crippen LogP contribution in [0.2, 0.25) is 10.0 Å². The van der Waals surface area contributed by atoms with E-state index in [1.165, 1.54) is 24.3 Å². The monoisotopic (exact) mass is 464 g/mol. The maximum absolute atomic E-state index is 11.3. The number of fused-ring (bicyclic) bond motifs is 1. The van der Waals surface area contributed by atoms with Crippen LogP contribution >= 0.6 is 23.2 Å². The van der Waals surface area contributed by atoms with Gasteiger partial charge in [0.15, 0.2) is 0 Å². The van der Waals surface area contributed by atoms with Gasteiger partial charge in [-0.25, -0.2) is 4.98 Å². The fraction of sp³-hybridized carbons (Fsp3) is 0.0435. The van der Waals surface area contributed by atoms with Crippen LogP contribution in [0.1, 0.15) is 17.0 Å². The summed E-state index contributed by atoms with van der Waals surface area (Å²) in [6.45, 7) is 0.112. The molecule has 0 saturated heterocycles. The van der Waals surface area contributed by atoms with Gasteiger partial charge in [-0.05, 0) is 36.4 Å². The molecule has 0 atom stereocenters. The van der Waals surface area contributed by atoms with Gasteiger partial charge in [-0.15, -0.1) is 0 Å². The number of hydrogen-bond acceptors (Lipinski definition) is 5. The standard InChI is InChI=1S/C23H14Cl2N4O3/c24-17-6-5-14(19(25)11-17)13-32-22-8-7-18(29(30)31)10-15(22)9-16(12-26)23-27-20-3-1-2-4-21(20)28-23/h1-11H,13H2,(H,27,28). The molecule has 1 heterocycles. The summed E-state index contributed by atoms with van der Waals surface area (Å²) in [6.07, 6.45) is 1.50. The van der Waals surface area contributed by atoms with E-state index in [-0.39, 0.29) is 17.9 Å². The quantitative estimate of drug-likeness (QED) is 0.201. The molecule has 9 heteroatoms. The first-order valence-corrected chi connectivity index (χ1v) is 10.1. The van der Waals surface area contributed by atoms with E-state index in [4.69, 9.17) is 27.9 Å². The number of nitro groups is 1. The Morgan fingerprint density at radius 1 is 1.19 bits per heavy atom. The van der Waals surface area contributed by atoms with Gasteiger partial charge >= 0.3 is 0 Å². The maximum atomic E-state index is 11.3. The number of nitriles is 1. The lowest BCUT2D eigenvalue weighted by Crippen LogP contribution is -1.99. The van der Waals surface area contributed by atoms with Gasteiger partial charge in [-0.3, -0.25) is 10.1 Å². The second kappa shape index (κ2) is 9.10. The number of nitro benzene ring substituents is 1. The molecule has 0 bridgehead atoms. The largest absolute Gasteiger partial charge is 0.488 e. The van der Waals surface area contributed by atoms with Crippen molar-refractivity contribution in [3.05, 3.63) is 97.8 Å². The molecule has 7 nitrogen and oxygen atoms in total. The predicted molar refractivity (Wildman–Crippen MR) is 123 cm³/mol. The molecule has 4 rings (SSSR count). The molecule has 0 unspecified atom stereocenters. The number of aromatic nitrogens is 2. The Balaban J connectivity index is 1.72. The Hall–Kier alpha value is -3.86. The summed E-state index contributed by atoms with van der Waals surface area (Å²) in [5.74, 6) is 0.706. The number of non-ortho nitro benzene ring substituents is 1. The van der Waals surface area contributed by atoms with E-state index < -0.39 is 4.92 Å². The summed E-state index contributed by atoms with van der Waals surface area (Å²) in [5, 5.41) is 22.0. The highest BCUT2D eigenvalue weighted by molar-refractivity contribution is 6.35. The number of nitrogens with zero attached hydrogens (tertiary/aromatic N) is 3. The Morgan fingerprint density at radius 3 is 2.72 bits per heavy atom. The molecule has 1 aromatic heterocycles. The van der Waals surface area contributed by atoms with Gasteiger partial charge in [0.25, 0.3) is 5.69 Å². The SMILES string of the molecule is N#CC(=Cc1cc([N+](=O)[O-])ccc1OCc1ccc(Cl)cc1Cl)c1nc2ccccc2[nH]1. The highest BCUT2D eigenvalue weighted by Crippen LogP contribution is 2.30. The fourth-order valence-corrected chi connectivity index (χ4v) is 3.54. The zero-order valence-corrected chi connectivity index (χ0v) is 17.9. The molecule has 0 radical (unpaired) electrons. The van der Waals surface area contributed by atoms with Crippen LogP contribution in [0.15, 0.2) is 60.7 Å². The van der Waals surface area contributed by atoms with Gasteiger partial charge in [-0.1, -0.05) is 41.4 Å². The van der Waals surface area contributed by atoms with Gasteiger partial charge < -0.3 is 9.72 Å². The summed E-state index contributed by atoms with van der Waals surface area (Å²) in [4.78, 5) is 18.3. The van der Waals surface area contributed by atoms with Crippen molar-refractivity contribution in [1.82, 2.24) is 9.97 Å². The summed E-state index contributed by atoms with van der Waals surface area (Å²) >= 11 is 12.1. The third-order valence-corrected chi connectivity index (χ3v) is 5.25. The first-order valence-electron chi connectivity index (χ1n) is 9.36. The highest BCUT2D eigenvalue weighted by Gasteiger charge is 2.14. The highest BCUT2D eigenvalue weighted by atomic mass is 35.5. The summed E-state index contributed by atoms with van der Waals surface area (Å²) in [6, 6.07) is 18.7. The third kappa shape index (κ3) is 4.57. The molecule has 158 valence electrons. The van der Waals surface area contributed by atoms with Crippen molar-refractivity contribution in [2.75, 3.05) is 0 Å². The molecule has 0 aliphatic heterocycles. The molecule has 0 aliphatic rings. The summed E-state index contributed by atoms with van der Waals surface area (Å²) in [7, 11) is 0. The number of benzene rings is 3. The normalized spacial score (nSPS) is 11.3. The Bertz CT molecular complexity index is 1370. The molecule has 4 aromatic rings. The number of halogens is 2. The van der Waals surface area contributed by atoms with Crippen molar-refractivity contribution in [2.45, 2.75) is 6.61 Å². The number of para-hydroxylation sites is 2. The van der Waals surface area contributed by atoms with Crippen molar-refractivity contribution in [1.29, 1.82) is 5.26 Å². The Labute approximate surface area is 192 Å². The lowest BCUT2D eigenvalue weighted by Gasteiger charge is -2.11. The van der Waals surface area contributed by atoms with Gasteiger partial charge in [0, 0.05) is 33.3 Å². The predicted octanol–water partition coefficient (Wildman–Crippen LogP) is 6.42. The lowest BCUT2D eigenvalue weighted by molar-refractivity contribution is -0.384. The molecule has 0 fully saturated rings. The molecular formula is C23H14Cl2N4O3. The van der Waals surface area contributed by atoms with Crippen LogP contribution in [0.5, 0.6) is 5.75 Å². The van der Waals surface area contributed by atoms with Crippen molar-refractivity contribution in [3.63, 3.8) is 0 Å². The van der Waals surface area contributed by atoms with Gasteiger partial charge in [0.1, 0.15) is 24.3 Å². The average molecular weight is 465 g/mol. The molecule has 1 N–H and O–H groups in total. The molecule has 0 aliphatic carbocycles. The molecule has 0 amide bonds. The van der Waals surface area contributed by atoms with E-state index in [2.05, 4.69) is 16.0 Å². The van der Waals surface area contributed by atoms with Gasteiger partial charge in [0.05, 0.1) is 21.5 Å². The molecule has 0 spiro atoms. The van der Waals surface area contributed by atoms with Crippen molar-refractivity contribution in [3.8, 4) is 11.8 Å². The number of allylic oxidation sites excluding steroid dienone is 1. The van der Waals surface area contributed by atoms with Crippen LogP contribution in [0.3, 0.4) is 0 Å². The first kappa shape index (κ1) is 21.4. The molecule has 32 heavy (non-hydrogen) atoms. The van der Waals surface area contributed by atoms with Crippen LogP contribution in [0.4, 0.5) is 5.69 Å². The first-order chi connectivity index (χ1) is 15.4. The number of aromatic amines is 1. The van der Waals surface area contributed by atoms with E-state index in [0.717, 1.165) is 5.52 Å². The number of rotatable bonds is 6. The van der Waals surface area contributed by atoms with Crippen molar-refractivity contribution < 1.29 is 9.66 Å². The van der Waals surface area contributed by atoms with Crippen LogP contribution in [0, 0.1) is 21.4 Å². The minimum atomic E-state index is -0.510. The summed E-state index contributed by atoms with van der Waals surface area (Å²) < 4.78 is 5.88. The summed E-state index contributed by atoms with van der Waals surface area (Å²) in [5.41, 5.74) is 2.61. The number of H-pyrrole nitrogens is 1. The molecule has 3 aromatic carbocycles. The number of imidazole rings is 1. The van der Waals surface area contributed by atoms with Gasteiger partial charge in [-0.2, -0.15) is 5.26 Å². The van der Waals surface area contributed by atoms with Crippen LogP contribution in [-0.4, -0.2) is 14.9 Å². The van der Waals surface area contributed by atoms with Crippen molar-refractivity contribution >= 4 is 51.6 Å². The zero-order chi connectivity index (χ0) is 22.7. The van der Waals surface area contributed by atoms with E-state index >= 15 is 0 Å². The van der Waals surface area contributed by atoms with Crippen LogP contribution in [-0.2, 0) is 6.61 Å². The minimum absolute atomic E-state index is 0.112. The third-order valence-electron chi connectivity index (χ3n) is 4.67. The fourth-order valence-electron chi connectivity index (χ4n) is 3.08. The van der Waals surface area contributed by atoms with E-state index in [1.807, 2.05) is 24.3 Å². The average Bonchev–Trinajstić information content (AvgIpc) is 3.21. The number of ether oxygens (including phenoxy) is 1. The smallest absolute Gasteiger partial charge is 0.270 e. The van der Waals surface area contributed by atoms with Gasteiger partial charge in [0.2, 0.25) is 0 Å². The second-order valence-corrected chi connectivity index (χ2v) is 7.62. The van der Waals surface area contributed by atoms with E-state index in [1.54, 1.807) is 18.2 Å². The zero-order valence-electron chi connectivity index (χ0n) is 16.4. The van der Waals surface area contributed by atoms with Crippen LogP contribution < -0.4 is 4.74 Å². The Morgan fingerprint density at radius 2 is 2.00 bits per heavy atom. The minimum Gasteiger partial charge on any atom is -0.488 e. The number of nitrogens with one attached hydrogen (secondary N) is 1.